The number of aromatic nitrogens is 1. The number of aryl methyl sites for hydroxylation is 1. The van der Waals surface area contributed by atoms with Gasteiger partial charge in [0.05, 0.1) is 5.69 Å². The second-order valence-electron chi connectivity index (χ2n) is 10.2. The minimum absolute atomic E-state index is 0.249. The smallest absolute Gasteiger partial charge is 0.410 e. The van der Waals surface area contributed by atoms with Crippen LogP contribution in [0.1, 0.15) is 44.7 Å². The lowest BCUT2D eigenvalue weighted by atomic mass is 10.0. The quantitative estimate of drug-likeness (QED) is 0.417. The number of ether oxygens (including phenoxy) is 1. The van der Waals surface area contributed by atoms with Gasteiger partial charge >= 0.3 is 6.09 Å². The predicted molar refractivity (Wildman–Crippen MR) is 138 cm³/mol. The molecule has 184 valence electrons. The van der Waals surface area contributed by atoms with Crippen LogP contribution in [0.3, 0.4) is 0 Å². The van der Waals surface area contributed by atoms with Gasteiger partial charge in [-0.3, -0.25) is 4.98 Å². The van der Waals surface area contributed by atoms with Crippen molar-refractivity contribution in [2.45, 2.75) is 58.7 Å². The van der Waals surface area contributed by atoms with Crippen LogP contribution in [-0.4, -0.2) is 40.7 Å². The van der Waals surface area contributed by atoms with E-state index in [1.807, 2.05) is 39.0 Å². The van der Waals surface area contributed by atoms with Crippen molar-refractivity contribution in [3.8, 4) is 11.3 Å². The molecule has 4 rings (SSSR count). The van der Waals surface area contributed by atoms with Crippen molar-refractivity contribution in [2.24, 2.45) is 0 Å². The number of anilines is 1. The summed E-state index contributed by atoms with van der Waals surface area (Å²) in [6.45, 7) is 9.72. The van der Waals surface area contributed by atoms with E-state index in [4.69, 9.17) is 4.74 Å². The summed E-state index contributed by atoms with van der Waals surface area (Å²) < 4.78 is 19.9. The first-order chi connectivity index (χ1) is 16.7. The first kappa shape index (κ1) is 24.7. The highest BCUT2D eigenvalue weighted by atomic mass is 19.1. The monoisotopic (exact) mass is 475 g/mol. The van der Waals surface area contributed by atoms with Gasteiger partial charge in [0.2, 0.25) is 0 Å². The van der Waals surface area contributed by atoms with Gasteiger partial charge in [-0.15, -0.1) is 0 Å². The van der Waals surface area contributed by atoms with Gasteiger partial charge in [-0.2, -0.15) is 0 Å². The lowest BCUT2D eigenvalue weighted by Crippen LogP contribution is -2.48. The molecule has 5 nitrogen and oxygen atoms in total. The number of amides is 1. The van der Waals surface area contributed by atoms with Gasteiger partial charge in [-0.05, 0) is 82.5 Å². The van der Waals surface area contributed by atoms with Crippen LogP contribution < -0.4 is 4.90 Å². The molecule has 0 bridgehead atoms. The number of rotatable bonds is 5. The number of benzene rings is 2. The summed E-state index contributed by atoms with van der Waals surface area (Å²) in [5.74, 6) is -0.276. The van der Waals surface area contributed by atoms with Crippen molar-refractivity contribution in [3.63, 3.8) is 0 Å². The average molecular weight is 476 g/mol. The van der Waals surface area contributed by atoms with Crippen LogP contribution >= 0.6 is 0 Å². The Morgan fingerprint density at radius 2 is 1.77 bits per heavy atom. The van der Waals surface area contributed by atoms with Crippen molar-refractivity contribution in [2.75, 3.05) is 18.0 Å². The molecular formula is C29H34FN3O2. The molecule has 1 aromatic heterocycles. The van der Waals surface area contributed by atoms with Crippen molar-refractivity contribution in [1.82, 2.24) is 9.88 Å². The van der Waals surface area contributed by atoms with E-state index >= 15 is 0 Å². The Balaban J connectivity index is 1.54. The molecule has 1 amide bonds. The van der Waals surface area contributed by atoms with E-state index in [1.165, 1.54) is 11.6 Å². The molecule has 0 N–H and O–H groups in total. The number of carbonyl (C=O) groups is 1. The van der Waals surface area contributed by atoms with E-state index < -0.39 is 5.60 Å². The lowest BCUT2D eigenvalue weighted by molar-refractivity contribution is 0.0204. The second-order valence-corrected chi connectivity index (χ2v) is 10.2. The Kier molecular flexibility index (Phi) is 7.39. The Morgan fingerprint density at radius 3 is 2.43 bits per heavy atom. The van der Waals surface area contributed by atoms with Crippen molar-refractivity contribution >= 4 is 11.8 Å². The topological polar surface area (TPSA) is 45.7 Å². The van der Waals surface area contributed by atoms with E-state index in [0.717, 1.165) is 24.1 Å². The zero-order valence-electron chi connectivity index (χ0n) is 21.0. The third kappa shape index (κ3) is 6.38. The van der Waals surface area contributed by atoms with E-state index in [1.54, 1.807) is 23.2 Å². The summed E-state index contributed by atoms with van der Waals surface area (Å²) in [5.41, 5.74) is 4.04. The summed E-state index contributed by atoms with van der Waals surface area (Å²) >= 11 is 0. The summed E-state index contributed by atoms with van der Waals surface area (Å²) in [6, 6.07) is 19.5. The fraction of sp³-hybridized carbons (Fsp3) is 0.379. The number of nitrogens with zero attached hydrogens (tertiary/aromatic N) is 3. The van der Waals surface area contributed by atoms with Crippen LogP contribution in [0.25, 0.3) is 11.3 Å². The maximum atomic E-state index is 14.4. The van der Waals surface area contributed by atoms with Gasteiger partial charge in [-0.1, -0.05) is 29.8 Å². The Morgan fingerprint density at radius 1 is 1.09 bits per heavy atom. The lowest BCUT2D eigenvalue weighted by Gasteiger charge is -2.40. The number of carbonyl (C=O) groups excluding carboxylic acids is 1. The highest BCUT2D eigenvalue weighted by Gasteiger charge is 2.30. The molecule has 2 aromatic carbocycles. The van der Waals surface area contributed by atoms with Crippen molar-refractivity contribution in [1.29, 1.82) is 0 Å². The zero-order valence-corrected chi connectivity index (χ0v) is 21.0. The van der Waals surface area contributed by atoms with Crippen LogP contribution in [0, 0.1) is 12.7 Å². The zero-order chi connectivity index (χ0) is 25.0. The molecule has 2 heterocycles. The third-order valence-corrected chi connectivity index (χ3v) is 6.25. The van der Waals surface area contributed by atoms with E-state index in [2.05, 4.69) is 41.1 Å². The number of likely N-dealkylation sites (tertiary alicyclic amines) is 1. The predicted octanol–water partition coefficient (Wildman–Crippen LogP) is 6.60. The Bertz CT molecular complexity index is 1150. The first-order valence-electron chi connectivity index (χ1n) is 12.2. The molecule has 1 saturated heterocycles. The number of hydrogen-bond donors (Lipinski definition) is 0. The number of pyridine rings is 1. The van der Waals surface area contributed by atoms with Crippen LogP contribution in [0.15, 0.2) is 66.9 Å². The SMILES string of the molecule is Cc1ccc(N(Cc2ccnc(-c3ccccc3F)c2)C2CCN(C(=O)OC(C)(C)C)CC2)cc1. The minimum Gasteiger partial charge on any atom is -0.444 e. The maximum Gasteiger partial charge on any atom is 0.410 e. The number of piperidine rings is 1. The molecular weight excluding hydrogens is 441 g/mol. The Hall–Kier alpha value is -3.41. The molecule has 0 atom stereocenters. The van der Waals surface area contributed by atoms with Crippen LogP contribution in [0.5, 0.6) is 0 Å². The third-order valence-electron chi connectivity index (χ3n) is 6.25. The minimum atomic E-state index is -0.501. The summed E-state index contributed by atoms with van der Waals surface area (Å²) in [6.07, 6.45) is 3.19. The summed E-state index contributed by atoms with van der Waals surface area (Å²) in [5, 5.41) is 0. The highest BCUT2D eigenvalue weighted by Crippen LogP contribution is 2.28. The molecule has 0 spiro atoms. The molecule has 35 heavy (non-hydrogen) atoms. The van der Waals surface area contributed by atoms with E-state index in [9.17, 15) is 9.18 Å². The largest absolute Gasteiger partial charge is 0.444 e. The van der Waals surface area contributed by atoms with Gasteiger partial charge in [0, 0.05) is 43.1 Å². The molecule has 0 radical (unpaired) electrons. The first-order valence-corrected chi connectivity index (χ1v) is 12.2. The molecule has 0 aliphatic carbocycles. The van der Waals surface area contributed by atoms with Gasteiger partial charge in [0.25, 0.3) is 0 Å². The van der Waals surface area contributed by atoms with Gasteiger partial charge < -0.3 is 14.5 Å². The molecule has 0 unspecified atom stereocenters. The Labute approximate surface area is 207 Å². The number of halogens is 1. The number of hydrogen-bond acceptors (Lipinski definition) is 4. The molecule has 0 saturated carbocycles. The van der Waals surface area contributed by atoms with Gasteiger partial charge in [-0.25, -0.2) is 9.18 Å². The van der Waals surface area contributed by atoms with Crippen molar-refractivity contribution in [3.05, 3.63) is 83.8 Å². The fourth-order valence-electron chi connectivity index (χ4n) is 4.44. The maximum absolute atomic E-state index is 14.4. The van der Waals surface area contributed by atoms with E-state index in [0.29, 0.717) is 30.9 Å². The van der Waals surface area contributed by atoms with Crippen LogP contribution in [0.2, 0.25) is 0 Å². The standard InChI is InChI=1S/C29H34FN3O2/c1-21-9-11-23(12-10-21)33(24-14-17-32(18-15-24)28(34)35-29(2,3)4)20-22-13-16-31-27(19-22)25-7-5-6-8-26(25)30/h5-13,16,19,24H,14-15,17-18,20H2,1-4H3. The normalized spacial score (nSPS) is 14.6. The highest BCUT2D eigenvalue weighted by molar-refractivity contribution is 5.68. The van der Waals surface area contributed by atoms with E-state index in [-0.39, 0.29) is 18.0 Å². The average Bonchev–Trinajstić information content (AvgIpc) is 2.83. The van der Waals surface area contributed by atoms with Gasteiger partial charge in [0.15, 0.2) is 0 Å². The second kappa shape index (κ2) is 10.5. The van der Waals surface area contributed by atoms with Crippen LogP contribution in [-0.2, 0) is 11.3 Å². The van der Waals surface area contributed by atoms with Crippen molar-refractivity contribution < 1.29 is 13.9 Å². The summed E-state index contributed by atoms with van der Waals surface area (Å²) in [7, 11) is 0. The molecule has 1 fully saturated rings. The molecule has 3 aromatic rings. The van der Waals surface area contributed by atoms with Crippen LogP contribution in [0.4, 0.5) is 14.9 Å². The van der Waals surface area contributed by atoms with Gasteiger partial charge in [0.1, 0.15) is 11.4 Å². The molecule has 1 aliphatic rings. The fourth-order valence-corrected chi connectivity index (χ4v) is 4.44. The molecule has 6 heteroatoms. The molecule has 1 aliphatic heterocycles. The summed E-state index contributed by atoms with van der Waals surface area (Å²) in [4.78, 5) is 21.2.